The second-order valence-electron chi connectivity index (χ2n) is 8.20. The molecule has 1 saturated carbocycles. The van der Waals surface area contributed by atoms with E-state index in [0.29, 0.717) is 18.9 Å². The summed E-state index contributed by atoms with van der Waals surface area (Å²) in [5, 5.41) is 2.78. The van der Waals surface area contributed by atoms with Crippen molar-refractivity contribution in [1.82, 2.24) is 15.3 Å². The molecule has 1 saturated heterocycles. The van der Waals surface area contributed by atoms with Crippen molar-refractivity contribution >= 4 is 17.8 Å². The number of rotatable bonds is 5. The zero-order valence-electron chi connectivity index (χ0n) is 17.0. The first-order chi connectivity index (χ1) is 15.1. The lowest BCUT2D eigenvalue weighted by molar-refractivity contribution is -0.137. The predicted octanol–water partition coefficient (Wildman–Crippen LogP) is 2.86. The number of nitrogens with zero attached hydrogens (tertiary/aromatic N) is 3. The van der Waals surface area contributed by atoms with Gasteiger partial charge in [0, 0.05) is 25.3 Å². The van der Waals surface area contributed by atoms with E-state index in [1.54, 1.807) is 0 Å². The number of hydrogen-bond donors (Lipinski definition) is 2. The molecular weight excluding hydrogens is 431 g/mol. The van der Waals surface area contributed by atoms with Gasteiger partial charge in [0.1, 0.15) is 12.1 Å². The third-order valence-corrected chi connectivity index (χ3v) is 6.03. The van der Waals surface area contributed by atoms with Gasteiger partial charge in [-0.05, 0) is 43.2 Å². The van der Waals surface area contributed by atoms with E-state index >= 15 is 0 Å². The molecular formula is C20H22F3N5O4. The number of aromatic nitrogens is 2. The van der Waals surface area contributed by atoms with Crippen molar-refractivity contribution in [2.45, 2.75) is 44.5 Å². The van der Waals surface area contributed by atoms with Crippen molar-refractivity contribution < 1.29 is 31.9 Å². The topological polar surface area (TPSA) is 124 Å². The summed E-state index contributed by atoms with van der Waals surface area (Å²) in [7, 11) is 0. The molecule has 0 bridgehead atoms. The first kappa shape index (κ1) is 21.9. The molecule has 2 aliphatic rings. The van der Waals surface area contributed by atoms with Gasteiger partial charge in [0.15, 0.2) is 12.3 Å². The molecule has 2 amide bonds. The minimum Gasteiger partial charge on any atom is -0.445 e. The quantitative estimate of drug-likeness (QED) is 0.713. The lowest BCUT2D eigenvalue weighted by Gasteiger charge is -2.52. The predicted molar refractivity (Wildman–Crippen MR) is 104 cm³/mol. The Balaban J connectivity index is 1.21. The maximum absolute atomic E-state index is 12.9. The minimum atomic E-state index is -4.40. The third-order valence-electron chi connectivity index (χ3n) is 6.03. The number of piperidine rings is 1. The Morgan fingerprint density at radius 1 is 1.31 bits per heavy atom. The van der Waals surface area contributed by atoms with E-state index < -0.39 is 23.7 Å². The van der Waals surface area contributed by atoms with Crippen LogP contribution in [0.4, 0.5) is 23.8 Å². The minimum absolute atomic E-state index is 0.0357. The van der Waals surface area contributed by atoms with Crippen LogP contribution in [0.3, 0.4) is 0 Å². The highest BCUT2D eigenvalue weighted by Gasteiger charge is 2.46. The number of halogens is 3. The SMILES string of the molecule is NC(=O)c1coc(COC(=O)NC2CC3(CCN(c4cc(C(F)(F)F)ccn4)CC3)C2)n1. The Hall–Kier alpha value is -3.31. The zero-order valence-corrected chi connectivity index (χ0v) is 17.0. The van der Waals surface area contributed by atoms with E-state index in [4.69, 9.17) is 14.9 Å². The summed E-state index contributed by atoms with van der Waals surface area (Å²) in [6.45, 7) is 0.992. The number of alkyl halides is 3. The number of amides is 2. The van der Waals surface area contributed by atoms with Gasteiger partial charge in [0.05, 0.1) is 5.56 Å². The van der Waals surface area contributed by atoms with Gasteiger partial charge in [-0.2, -0.15) is 13.2 Å². The van der Waals surface area contributed by atoms with Gasteiger partial charge < -0.3 is 25.1 Å². The zero-order chi connectivity index (χ0) is 22.9. The van der Waals surface area contributed by atoms with Gasteiger partial charge in [-0.3, -0.25) is 4.79 Å². The van der Waals surface area contributed by atoms with Crippen molar-refractivity contribution in [2.75, 3.05) is 18.0 Å². The summed E-state index contributed by atoms with van der Waals surface area (Å²) in [6, 6.07) is 2.01. The van der Waals surface area contributed by atoms with E-state index in [1.165, 1.54) is 6.20 Å². The number of nitrogens with one attached hydrogen (secondary N) is 1. The van der Waals surface area contributed by atoms with E-state index in [-0.39, 0.29) is 29.6 Å². The lowest BCUT2D eigenvalue weighted by Crippen LogP contribution is -2.55. The number of ether oxygens (including phenoxy) is 1. The van der Waals surface area contributed by atoms with Crippen LogP contribution >= 0.6 is 0 Å². The van der Waals surface area contributed by atoms with Crippen molar-refractivity contribution in [3.05, 3.63) is 41.7 Å². The van der Waals surface area contributed by atoms with Crippen LogP contribution in [-0.2, 0) is 17.5 Å². The first-order valence-corrected chi connectivity index (χ1v) is 10.1. The number of pyridine rings is 1. The number of anilines is 1. The molecule has 2 aromatic rings. The highest BCUT2D eigenvalue weighted by atomic mass is 19.4. The molecule has 1 aliphatic heterocycles. The molecule has 172 valence electrons. The average molecular weight is 453 g/mol. The van der Waals surface area contributed by atoms with Gasteiger partial charge in [0.25, 0.3) is 5.91 Å². The van der Waals surface area contributed by atoms with Crippen molar-refractivity contribution in [1.29, 1.82) is 0 Å². The molecule has 0 atom stereocenters. The molecule has 3 N–H and O–H groups in total. The van der Waals surface area contributed by atoms with Crippen LogP contribution in [0.25, 0.3) is 0 Å². The second kappa shape index (κ2) is 8.32. The number of nitrogens with two attached hydrogens (primary N) is 1. The van der Waals surface area contributed by atoms with Crippen molar-refractivity contribution in [2.24, 2.45) is 11.1 Å². The fourth-order valence-corrected chi connectivity index (χ4v) is 4.30. The highest BCUT2D eigenvalue weighted by Crippen LogP contribution is 2.49. The fraction of sp³-hybridized carbons (Fsp3) is 0.500. The molecule has 12 heteroatoms. The number of hydrogen-bond acceptors (Lipinski definition) is 7. The van der Waals surface area contributed by atoms with Crippen LogP contribution in [0.2, 0.25) is 0 Å². The van der Waals surface area contributed by atoms with E-state index in [1.807, 2.05) is 4.90 Å². The number of carbonyl (C=O) groups excluding carboxylic acids is 2. The summed E-state index contributed by atoms with van der Waals surface area (Å²) in [6.07, 6.45) is 0.435. The summed E-state index contributed by atoms with van der Waals surface area (Å²) in [5.41, 5.74) is 4.39. The van der Waals surface area contributed by atoms with E-state index in [0.717, 1.165) is 44.1 Å². The molecule has 3 heterocycles. The molecule has 0 radical (unpaired) electrons. The largest absolute Gasteiger partial charge is 0.445 e. The van der Waals surface area contributed by atoms with Crippen LogP contribution in [0.1, 0.15) is 47.6 Å². The summed E-state index contributed by atoms with van der Waals surface area (Å²) < 4.78 is 48.9. The van der Waals surface area contributed by atoms with Gasteiger partial charge >= 0.3 is 12.3 Å². The van der Waals surface area contributed by atoms with Crippen molar-refractivity contribution in [3.8, 4) is 0 Å². The maximum atomic E-state index is 12.9. The van der Waals surface area contributed by atoms with Gasteiger partial charge in [-0.25, -0.2) is 14.8 Å². The van der Waals surface area contributed by atoms with Crippen LogP contribution in [0.15, 0.2) is 29.0 Å². The molecule has 32 heavy (non-hydrogen) atoms. The smallest absolute Gasteiger partial charge is 0.416 e. The molecule has 2 aromatic heterocycles. The third kappa shape index (κ3) is 4.78. The Morgan fingerprint density at radius 2 is 2.03 bits per heavy atom. The molecule has 0 unspecified atom stereocenters. The fourth-order valence-electron chi connectivity index (χ4n) is 4.30. The Kier molecular flexibility index (Phi) is 5.70. The monoisotopic (exact) mass is 453 g/mol. The molecule has 0 aromatic carbocycles. The van der Waals surface area contributed by atoms with Gasteiger partial charge in [-0.1, -0.05) is 0 Å². The van der Waals surface area contributed by atoms with Gasteiger partial charge in [0.2, 0.25) is 5.89 Å². The number of primary amides is 1. The van der Waals surface area contributed by atoms with Gasteiger partial charge in [-0.15, -0.1) is 0 Å². The molecule has 1 aliphatic carbocycles. The number of oxazole rings is 1. The van der Waals surface area contributed by atoms with E-state index in [9.17, 15) is 22.8 Å². The highest BCUT2D eigenvalue weighted by molar-refractivity contribution is 5.90. The molecule has 4 rings (SSSR count). The molecule has 2 fully saturated rings. The van der Waals surface area contributed by atoms with Crippen LogP contribution in [0.5, 0.6) is 0 Å². The van der Waals surface area contributed by atoms with Crippen LogP contribution in [0, 0.1) is 5.41 Å². The Morgan fingerprint density at radius 3 is 2.66 bits per heavy atom. The maximum Gasteiger partial charge on any atom is 0.416 e. The van der Waals surface area contributed by atoms with Crippen molar-refractivity contribution in [3.63, 3.8) is 0 Å². The first-order valence-electron chi connectivity index (χ1n) is 10.1. The Bertz CT molecular complexity index is 993. The number of alkyl carbamates (subject to hydrolysis) is 1. The summed E-state index contributed by atoms with van der Waals surface area (Å²) >= 11 is 0. The second-order valence-corrected chi connectivity index (χ2v) is 8.20. The average Bonchev–Trinajstić information content (AvgIpc) is 3.21. The number of carbonyl (C=O) groups is 2. The van der Waals surface area contributed by atoms with E-state index in [2.05, 4.69) is 15.3 Å². The molecule has 1 spiro atoms. The summed E-state index contributed by atoms with van der Waals surface area (Å²) in [4.78, 5) is 32.7. The Labute approximate surface area is 181 Å². The van der Waals surface area contributed by atoms with Crippen LogP contribution < -0.4 is 16.0 Å². The van der Waals surface area contributed by atoms with Crippen LogP contribution in [-0.4, -0.2) is 41.1 Å². The molecule has 9 nitrogen and oxygen atoms in total. The normalized spacial score (nSPS) is 18.3. The lowest BCUT2D eigenvalue weighted by atomic mass is 9.60. The standard InChI is InChI=1S/C20H22F3N5O4/c21-20(22,23)12-1-4-25-15(7-12)28-5-2-19(3-6-28)8-13(9-19)26-18(30)32-11-16-27-14(10-31-16)17(24)29/h1,4,7,10,13H,2-3,5-6,8-9,11H2,(H2,24,29)(H,26,30). The summed E-state index contributed by atoms with van der Waals surface area (Å²) in [5.74, 6) is -0.341.